The second kappa shape index (κ2) is 8.45. The highest BCUT2D eigenvalue weighted by Crippen LogP contribution is 2.22. The Morgan fingerprint density at radius 2 is 2.12 bits per heavy atom. The Morgan fingerprint density at radius 1 is 1.32 bits per heavy atom. The maximum absolute atomic E-state index is 12.6. The van der Waals surface area contributed by atoms with E-state index in [1.165, 1.54) is 13.3 Å². The van der Waals surface area contributed by atoms with Crippen LogP contribution >= 0.6 is 0 Å². The number of ether oxygens (including phenoxy) is 2. The van der Waals surface area contributed by atoms with Gasteiger partial charge in [-0.1, -0.05) is 0 Å². The number of esters is 1. The fourth-order valence-corrected chi connectivity index (χ4v) is 2.16. The van der Waals surface area contributed by atoms with E-state index in [1.807, 2.05) is 6.07 Å². The van der Waals surface area contributed by atoms with E-state index in [0.29, 0.717) is 23.4 Å². The Balaban J connectivity index is 2.32. The Kier molecular flexibility index (Phi) is 6.07. The summed E-state index contributed by atoms with van der Waals surface area (Å²) < 4.78 is 10.0. The molecule has 1 aromatic carbocycles. The summed E-state index contributed by atoms with van der Waals surface area (Å²) in [7, 11) is 1.28. The van der Waals surface area contributed by atoms with Gasteiger partial charge in [-0.3, -0.25) is 9.59 Å². The van der Waals surface area contributed by atoms with Crippen LogP contribution < -0.4 is 10.1 Å². The average Bonchev–Trinajstić information content (AvgIpc) is 2.63. The first-order chi connectivity index (χ1) is 12.1. The lowest BCUT2D eigenvalue weighted by atomic mass is 10.1. The summed E-state index contributed by atoms with van der Waals surface area (Å²) in [5.74, 6) is -0.667. The number of anilines is 1. The van der Waals surface area contributed by atoms with Crippen molar-refractivity contribution in [3.05, 3.63) is 53.2 Å². The lowest BCUT2D eigenvalue weighted by Crippen LogP contribution is -2.16. The van der Waals surface area contributed by atoms with E-state index in [0.717, 1.165) is 0 Å². The molecule has 0 unspecified atom stereocenters. The highest BCUT2D eigenvalue weighted by molar-refractivity contribution is 6.06. The quantitative estimate of drug-likeness (QED) is 0.811. The number of nitrogens with zero attached hydrogens (tertiary/aromatic N) is 2. The minimum absolute atomic E-state index is 0.0625. The van der Waals surface area contributed by atoms with Crippen molar-refractivity contribution in [2.45, 2.75) is 13.3 Å². The molecule has 0 spiro atoms. The van der Waals surface area contributed by atoms with Gasteiger partial charge in [0.05, 0.1) is 31.8 Å². The van der Waals surface area contributed by atoms with E-state index >= 15 is 0 Å². The lowest BCUT2D eigenvalue weighted by molar-refractivity contribution is -0.139. The maximum Gasteiger partial charge on any atom is 0.310 e. The maximum atomic E-state index is 12.6. The largest absolute Gasteiger partial charge is 0.477 e. The molecule has 7 nitrogen and oxygen atoms in total. The molecular formula is C18H17N3O4. The van der Waals surface area contributed by atoms with Gasteiger partial charge in [0, 0.05) is 11.9 Å². The third-order valence-corrected chi connectivity index (χ3v) is 3.34. The first-order valence-electron chi connectivity index (χ1n) is 7.58. The Labute approximate surface area is 145 Å². The number of carbonyl (C=O) groups excluding carboxylic acids is 2. The molecule has 0 fully saturated rings. The molecule has 2 rings (SSSR count). The summed E-state index contributed by atoms with van der Waals surface area (Å²) in [6.45, 7) is 2.17. The van der Waals surface area contributed by atoms with Crippen LogP contribution in [-0.4, -0.2) is 30.6 Å². The number of nitriles is 1. The lowest BCUT2D eigenvalue weighted by Gasteiger charge is -2.12. The van der Waals surface area contributed by atoms with Crippen molar-refractivity contribution in [2.75, 3.05) is 19.0 Å². The van der Waals surface area contributed by atoms with Crippen molar-refractivity contribution >= 4 is 17.6 Å². The Hall–Kier alpha value is -3.40. The molecule has 0 saturated heterocycles. The van der Waals surface area contributed by atoms with Crippen molar-refractivity contribution in [3.8, 4) is 11.9 Å². The van der Waals surface area contributed by atoms with E-state index in [9.17, 15) is 9.59 Å². The predicted molar refractivity (Wildman–Crippen MR) is 90.2 cm³/mol. The molecule has 1 aromatic heterocycles. The van der Waals surface area contributed by atoms with E-state index in [2.05, 4.69) is 15.0 Å². The van der Waals surface area contributed by atoms with Crippen LogP contribution in [0.3, 0.4) is 0 Å². The molecule has 1 N–H and O–H groups in total. The van der Waals surface area contributed by atoms with Gasteiger partial charge >= 0.3 is 5.97 Å². The third kappa shape index (κ3) is 4.54. The zero-order valence-corrected chi connectivity index (χ0v) is 13.9. The first-order valence-corrected chi connectivity index (χ1v) is 7.58. The smallest absolute Gasteiger partial charge is 0.310 e. The van der Waals surface area contributed by atoms with Crippen LogP contribution in [0.2, 0.25) is 0 Å². The van der Waals surface area contributed by atoms with Gasteiger partial charge in [-0.2, -0.15) is 5.26 Å². The van der Waals surface area contributed by atoms with E-state index in [4.69, 9.17) is 10.00 Å². The molecule has 0 aliphatic rings. The molecule has 0 radical (unpaired) electrons. The zero-order valence-electron chi connectivity index (χ0n) is 13.9. The number of aromatic nitrogens is 1. The summed E-state index contributed by atoms with van der Waals surface area (Å²) in [5.41, 5.74) is 1.56. The van der Waals surface area contributed by atoms with Crippen LogP contribution in [-0.2, 0) is 16.0 Å². The summed E-state index contributed by atoms with van der Waals surface area (Å²) in [6.07, 6.45) is 1.47. The molecule has 128 valence electrons. The number of pyridine rings is 1. The summed E-state index contributed by atoms with van der Waals surface area (Å²) >= 11 is 0. The van der Waals surface area contributed by atoms with Gasteiger partial charge in [0.25, 0.3) is 5.91 Å². The van der Waals surface area contributed by atoms with Crippen molar-refractivity contribution in [1.82, 2.24) is 4.98 Å². The van der Waals surface area contributed by atoms with Gasteiger partial charge in [0.2, 0.25) is 5.88 Å². The van der Waals surface area contributed by atoms with E-state index in [1.54, 1.807) is 37.3 Å². The zero-order chi connectivity index (χ0) is 18.2. The molecule has 0 aliphatic heterocycles. The summed E-state index contributed by atoms with van der Waals surface area (Å²) in [6, 6.07) is 9.90. The number of amides is 1. The number of carbonyl (C=O) groups is 2. The molecule has 0 aliphatic carbocycles. The Bertz CT molecular complexity index is 827. The number of methoxy groups -OCH3 is 1. The number of rotatable bonds is 6. The SMILES string of the molecule is CCOc1ncccc1C(=O)Nc1ccc(C#N)cc1CC(=O)OC. The van der Waals surface area contributed by atoms with Gasteiger partial charge in [-0.25, -0.2) is 4.98 Å². The summed E-state index contributed by atoms with van der Waals surface area (Å²) in [4.78, 5) is 28.2. The van der Waals surface area contributed by atoms with Gasteiger partial charge in [-0.15, -0.1) is 0 Å². The summed E-state index contributed by atoms with van der Waals surface area (Å²) in [5, 5.41) is 11.8. The molecule has 7 heteroatoms. The first kappa shape index (κ1) is 17.9. The van der Waals surface area contributed by atoms with Crippen LogP contribution in [0.15, 0.2) is 36.5 Å². The highest BCUT2D eigenvalue weighted by atomic mass is 16.5. The monoisotopic (exact) mass is 339 g/mol. The van der Waals surface area contributed by atoms with Gasteiger partial charge in [-0.05, 0) is 42.8 Å². The van der Waals surface area contributed by atoms with Crippen LogP contribution in [0.4, 0.5) is 5.69 Å². The normalized spacial score (nSPS) is 9.80. The van der Waals surface area contributed by atoms with Crippen molar-refractivity contribution in [1.29, 1.82) is 5.26 Å². The van der Waals surface area contributed by atoms with Gasteiger partial charge in [0.1, 0.15) is 5.56 Å². The van der Waals surface area contributed by atoms with E-state index in [-0.39, 0.29) is 17.9 Å². The fraction of sp³-hybridized carbons (Fsp3) is 0.222. The minimum atomic E-state index is -0.470. The molecule has 0 atom stereocenters. The molecule has 0 saturated carbocycles. The van der Waals surface area contributed by atoms with Crippen LogP contribution in [0.5, 0.6) is 5.88 Å². The molecule has 2 aromatic rings. The number of nitrogens with one attached hydrogen (secondary N) is 1. The van der Waals surface area contributed by atoms with Crippen LogP contribution in [0, 0.1) is 11.3 Å². The number of hydrogen-bond donors (Lipinski definition) is 1. The minimum Gasteiger partial charge on any atom is -0.477 e. The molecule has 25 heavy (non-hydrogen) atoms. The van der Waals surface area contributed by atoms with Gasteiger partial charge < -0.3 is 14.8 Å². The van der Waals surface area contributed by atoms with Crippen LogP contribution in [0.25, 0.3) is 0 Å². The number of benzene rings is 1. The molecule has 1 heterocycles. The fourth-order valence-electron chi connectivity index (χ4n) is 2.16. The highest BCUT2D eigenvalue weighted by Gasteiger charge is 2.16. The Morgan fingerprint density at radius 3 is 2.80 bits per heavy atom. The molecular weight excluding hydrogens is 322 g/mol. The third-order valence-electron chi connectivity index (χ3n) is 3.34. The topological polar surface area (TPSA) is 101 Å². The average molecular weight is 339 g/mol. The van der Waals surface area contributed by atoms with E-state index < -0.39 is 11.9 Å². The second-order valence-electron chi connectivity index (χ2n) is 4.98. The standard InChI is InChI=1S/C18H17N3O4/c1-3-25-18-14(5-4-8-20-18)17(23)21-15-7-6-12(11-19)9-13(15)10-16(22)24-2/h4-9H,3,10H2,1-2H3,(H,21,23). The van der Waals surface area contributed by atoms with Crippen molar-refractivity contribution < 1.29 is 19.1 Å². The molecule has 0 bridgehead atoms. The van der Waals surface area contributed by atoms with Gasteiger partial charge in [0.15, 0.2) is 0 Å². The predicted octanol–water partition coefficient (Wildman–Crippen LogP) is 2.32. The second-order valence-corrected chi connectivity index (χ2v) is 4.98. The number of hydrogen-bond acceptors (Lipinski definition) is 6. The van der Waals surface area contributed by atoms with Crippen molar-refractivity contribution in [3.63, 3.8) is 0 Å². The molecule has 1 amide bonds. The van der Waals surface area contributed by atoms with Crippen LogP contribution in [0.1, 0.15) is 28.4 Å². The van der Waals surface area contributed by atoms with Crippen molar-refractivity contribution in [2.24, 2.45) is 0 Å².